The van der Waals surface area contributed by atoms with Crippen LogP contribution in [0.4, 0.5) is 0 Å². The topological polar surface area (TPSA) is 0 Å². The number of hydrogen-bond acceptors (Lipinski definition) is 0. The molecular weight excluding hydrogens is 478 g/mol. The van der Waals surface area contributed by atoms with E-state index in [0.717, 1.165) is 12.8 Å². The number of rotatable bonds is 0. The van der Waals surface area contributed by atoms with E-state index in [2.05, 4.69) is 76.2 Å². The molecule has 0 bridgehead atoms. The fourth-order valence-corrected chi connectivity index (χ4v) is 0. The molecule has 0 aromatic carbocycles. The van der Waals surface area contributed by atoms with Crippen LogP contribution in [0.1, 0.15) is 124 Å². The molecule has 0 aliphatic heterocycles. The van der Waals surface area contributed by atoms with Crippen molar-refractivity contribution in [2.45, 2.75) is 124 Å². The van der Waals surface area contributed by atoms with Crippen molar-refractivity contribution in [1.29, 1.82) is 0 Å². The molecule has 0 N–H and O–H groups in total. The molecule has 0 nitrogen and oxygen atoms in total. The van der Waals surface area contributed by atoms with Gasteiger partial charge in [-0.25, -0.2) is 0 Å². The summed E-state index contributed by atoms with van der Waals surface area (Å²) in [4.78, 5) is 0. The molecule has 0 aliphatic rings. The minimum Gasteiger partial charge on any atom is -0.372 e. The summed E-state index contributed by atoms with van der Waals surface area (Å²) in [5.74, 6) is 1.42. The molecule has 0 amide bonds. The van der Waals surface area contributed by atoms with Gasteiger partial charge in [0.05, 0.1) is 0 Å². The van der Waals surface area contributed by atoms with Gasteiger partial charge in [0.25, 0.3) is 0 Å². The normalized spacial score (nSPS) is 6.00. The van der Waals surface area contributed by atoms with E-state index in [9.17, 15) is 0 Å². The van der Waals surface area contributed by atoms with Gasteiger partial charge in [0.15, 0.2) is 0 Å². The summed E-state index contributed by atoms with van der Waals surface area (Å²) in [5, 5.41) is 0. The van der Waals surface area contributed by atoms with Crippen LogP contribution in [0.25, 0.3) is 0 Å². The predicted molar refractivity (Wildman–Crippen MR) is 132 cm³/mol. The summed E-state index contributed by atoms with van der Waals surface area (Å²) in [6.07, 6.45) is 1.50. The molecule has 0 heterocycles. The molecule has 0 atom stereocenters. The Bertz CT molecular complexity index is 64.1. The maximum atomic E-state index is 3.77. The van der Waals surface area contributed by atoms with Gasteiger partial charge in [0.1, 0.15) is 0 Å². The molecule has 0 aromatic heterocycles. The zero-order chi connectivity index (χ0) is 23.5. The Morgan fingerprint density at radius 3 is 0.519 bits per heavy atom. The van der Waals surface area contributed by atoms with Crippen LogP contribution in [0.3, 0.4) is 0 Å². The molecular formula is C25H62Y2. The van der Waals surface area contributed by atoms with Crippen molar-refractivity contribution in [2.24, 2.45) is 5.41 Å². The van der Waals surface area contributed by atoms with Gasteiger partial charge in [-0.1, -0.05) is 90.0 Å². The maximum absolute atomic E-state index is 3.77. The quantitative estimate of drug-likeness (QED) is 0.268. The fraction of sp³-hybridized carbons (Fsp3) is 0.760. The third kappa shape index (κ3) is 3970. The van der Waals surface area contributed by atoms with Crippen molar-refractivity contribution in [2.75, 3.05) is 0 Å². The Hall–Kier alpha value is 2.21. The summed E-state index contributed by atoms with van der Waals surface area (Å²) < 4.78 is 0. The minimum absolute atomic E-state index is 0. The third-order valence-corrected chi connectivity index (χ3v) is 0. The Morgan fingerprint density at radius 2 is 0.519 bits per heavy atom. The monoisotopic (exact) mass is 540 g/mol. The Morgan fingerprint density at radius 1 is 0.519 bits per heavy atom. The summed E-state index contributed by atoms with van der Waals surface area (Å²) in [7, 11) is 0. The van der Waals surface area contributed by atoms with E-state index in [0.29, 0.717) is 0 Å². The van der Waals surface area contributed by atoms with E-state index in [1.165, 1.54) is 5.92 Å². The molecule has 168 valence electrons. The van der Waals surface area contributed by atoms with Crippen molar-refractivity contribution in [1.82, 2.24) is 0 Å². The van der Waals surface area contributed by atoms with Crippen LogP contribution in [0.5, 0.6) is 0 Å². The molecule has 27 heavy (non-hydrogen) atoms. The zero-order valence-electron chi connectivity index (χ0n) is 23.1. The van der Waals surface area contributed by atoms with Gasteiger partial charge in [-0.05, 0) is 0 Å². The number of hydrogen-bond donors (Lipinski definition) is 0. The van der Waals surface area contributed by atoms with E-state index < -0.39 is 0 Å². The van der Waals surface area contributed by atoms with Gasteiger partial charge < -0.3 is 53.4 Å². The SMILES string of the molecule is CC.CC.CC.CC.CC.C[C-](C)C.[CH2-]C(C)(C)C.[CH2-]C[CH2-].[CH2-]C[CH2-].[Y+3].[Y+3]. The van der Waals surface area contributed by atoms with Gasteiger partial charge in [0, 0.05) is 0 Å². The van der Waals surface area contributed by atoms with Crippen molar-refractivity contribution < 1.29 is 65.4 Å². The summed E-state index contributed by atoms with van der Waals surface area (Å²) in [6.45, 7) is 49.7. The van der Waals surface area contributed by atoms with Crippen LogP contribution in [0.2, 0.25) is 0 Å². The van der Waals surface area contributed by atoms with E-state index in [1.807, 2.05) is 69.2 Å². The fourth-order valence-electron chi connectivity index (χ4n) is 0. The second kappa shape index (κ2) is 120. The third-order valence-electron chi connectivity index (χ3n) is 0. The smallest absolute Gasteiger partial charge is 0.372 e. The molecule has 0 fully saturated rings. The standard InChI is InChI=1S/C5H11.C4H9.2C3H6.5C2H6.2Y/c1-5(2,3)4;1-4(2)3;2*1-3-2;5*1-2;;/h1H2,2-4H3;1-3H3;2*1-3H2;5*1-2H3;;/q2*-1;2*-2;;;;;;2*+3. The van der Waals surface area contributed by atoms with Gasteiger partial charge >= 0.3 is 65.4 Å². The van der Waals surface area contributed by atoms with E-state index in [-0.39, 0.29) is 70.8 Å². The molecule has 0 spiro atoms. The van der Waals surface area contributed by atoms with Crippen LogP contribution in [-0.4, -0.2) is 0 Å². The first-order valence-corrected chi connectivity index (χ1v) is 10.4. The average Bonchev–Trinajstić information content (AvgIpc) is 2.56. The predicted octanol–water partition coefficient (Wildman–Crippen LogP) is 10.7. The van der Waals surface area contributed by atoms with E-state index in [4.69, 9.17) is 0 Å². The first-order chi connectivity index (χ1) is 11.6. The molecule has 0 unspecified atom stereocenters. The van der Waals surface area contributed by atoms with Gasteiger partial charge in [0.2, 0.25) is 0 Å². The zero-order valence-corrected chi connectivity index (χ0v) is 28.8. The summed E-state index contributed by atoms with van der Waals surface area (Å²) in [6, 6.07) is 0. The van der Waals surface area contributed by atoms with Crippen molar-refractivity contribution in [3.8, 4) is 0 Å². The second-order valence-corrected chi connectivity index (χ2v) is 4.77. The van der Waals surface area contributed by atoms with Crippen molar-refractivity contribution in [3.63, 3.8) is 0 Å². The van der Waals surface area contributed by atoms with Gasteiger partial charge in [-0.15, -0.1) is 0 Å². The van der Waals surface area contributed by atoms with Crippen LogP contribution >= 0.6 is 0 Å². The largest absolute Gasteiger partial charge is 3.00 e. The molecule has 0 aliphatic carbocycles. The van der Waals surface area contributed by atoms with Crippen LogP contribution in [0.15, 0.2) is 0 Å². The Kier molecular flexibility index (Phi) is 311. The Labute approximate surface area is 232 Å². The van der Waals surface area contributed by atoms with Crippen LogP contribution in [0, 0.1) is 46.0 Å². The Balaban J connectivity index is -0.0000000121. The molecule has 0 rings (SSSR count). The molecule has 0 saturated heterocycles. The van der Waals surface area contributed by atoms with E-state index >= 15 is 0 Å². The van der Waals surface area contributed by atoms with Crippen LogP contribution in [-0.2, 0) is 65.4 Å². The molecule has 0 saturated carbocycles. The second-order valence-electron chi connectivity index (χ2n) is 4.77. The van der Waals surface area contributed by atoms with Gasteiger partial charge in [-0.2, -0.15) is 26.2 Å². The van der Waals surface area contributed by atoms with E-state index in [1.54, 1.807) is 0 Å². The first-order valence-electron chi connectivity index (χ1n) is 10.4. The maximum Gasteiger partial charge on any atom is 3.00 e. The first kappa shape index (κ1) is 70.1. The van der Waals surface area contributed by atoms with Crippen molar-refractivity contribution in [3.05, 3.63) is 40.5 Å². The van der Waals surface area contributed by atoms with Crippen LogP contribution < -0.4 is 0 Å². The molecule has 0 aromatic rings. The average molecular weight is 541 g/mol. The summed E-state index contributed by atoms with van der Waals surface area (Å²) >= 11 is 0. The minimum atomic E-state index is 0. The van der Waals surface area contributed by atoms with Gasteiger partial charge in [-0.3, -0.25) is 0 Å². The molecule has 2 heteroatoms. The summed E-state index contributed by atoms with van der Waals surface area (Å²) in [5.41, 5.74) is 0.250. The molecule has 0 radical (unpaired) electrons. The van der Waals surface area contributed by atoms with Crippen molar-refractivity contribution >= 4 is 0 Å².